The van der Waals surface area contributed by atoms with Gasteiger partial charge in [-0.2, -0.15) is 5.10 Å². The van der Waals surface area contributed by atoms with E-state index in [1.165, 1.54) is 0 Å². The van der Waals surface area contributed by atoms with Gasteiger partial charge in [0.25, 0.3) is 5.91 Å². The highest BCUT2D eigenvalue weighted by molar-refractivity contribution is 7.09. The quantitative estimate of drug-likeness (QED) is 0.799. The van der Waals surface area contributed by atoms with E-state index in [1.807, 2.05) is 53.7 Å². The van der Waals surface area contributed by atoms with E-state index in [-0.39, 0.29) is 5.91 Å². The van der Waals surface area contributed by atoms with Crippen LogP contribution in [0.15, 0.2) is 48.2 Å². The van der Waals surface area contributed by atoms with E-state index >= 15 is 0 Å². The van der Waals surface area contributed by atoms with Crippen molar-refractivity contribution in [2.24, 2.45) is 7.05 Å². The third kappa shape index (κ3) is 2.37. The predicted octanol–water partition coefficient (Wildman–Crippen LogP) is 2.20. The van der Waals surface area contributed by atoms with Crippen LogP contribution < -0.4 is 5.32 Å². The van der Waals surface area contributed by atoms with Crippen LogP contribution in [0.1, 0.15) is 15.2 Å². The minimum atomic E-state index is -0.116. The number of aryl methyl sites for hydroxylation is 1. The fraction of sp³-hybridized carbons (Fsp3) is 0.143. The molecule has 0 aliphatic rings. The first-order chi connectivity index (χ1) is 9.75. The molecule has 0 aliphatic carbocycles. The highest BCUT2D eigenvalue weighted by atomic mass is 32.1. The Balaban J connectivity index is 1.82. The first-order valence-corrected chi connectivity index (χ1v) is 7.09. The summed E-state index contributed by atoms with van der Waals surface area (Å²) in [4.78, 5) is 13.4. The molecule has 3 heterocycles. The van der Waals surface area contributed by atoms with Crippen molar-refractivity contribution in [3.63, 3.8) is 0 Å². The molecular formula is C14H14N4OS. The fourth-order valence-corrected chi connectivity index (χ4v) is 2.69. The minimum Gasteiger partial charge on any atom is -0.347 e. The van der Waals surface area contributed by atoms with Crippen LogP contribution >= 0.6 is 11.3 Å². The zero-order valence-corrected chi connectivity index (χ0v) is 11.8. The maximum atomic E-state index is 12.3. The van der Waals surface area contributed by atoms with Crippen LogP contribution in [0, 0.1) is 0 Å². The first kappa shape index (κ1) is 12.7. The Morgan fingerprint density at radius 1 is 1.35 bits per heavy atom. The Bertz CT molecular complexity index is 698. The summed E-state index contributed by atoms with van der Waals surface area (Å²) in [5.41, 5.74) is 0.570. The van der Waals surface area contributed by atoms with Crippen LogP contribution in [0.3, 0.4) is 0 Å². The largest absolute Gasteiger partial charge is 0.347 e. The number of hydrogen-bond acceptors (Lipinski definition) is 3. The Kier molecular flexibility index (Phi) is 3.39. The molecule has 3 aromatic heterocycles. The van der Waals surface area contributed by atoms with Crippen LogP contribution in [-0.2, 0) is 13.6 Å². The van der Waals surface area contributed by atoms with Crippen molar-refractivity contribution in [2.75, 3.05) is 0 Å². The van der Waals surface area contributed by atoms with E-state index in [2.05, 4.69) is 10.4 Å². The molecule has 1 amide bonds. The van der Waals surface area contributed by atoms with Gasteiger partial charge in [0.1, 0.15) is 11.4 Å². The van der Waals surface area contributed by atoms with Crippen molar-refractivity contribution in [3.05, 3.63) is 58.7 Å². The van der Waals surface area contributed by atoms with Gasteiger partial charge in [0, 0.05) is 24.3 Å². The van der Waals surface area contributed by atoms with Crippen molar-refractivity contribution < 1.29 is 4.79 Å². The third-order valence-electron chi connectivity index (χ3n) is 3.00. The molecule has 0 fully saturated rings. The van der Waals surface area contributed by atoms with Crippen LogP contribution in [0.5, 0.6) is 0 Å². The Morgan fingerprint density at radius 2 is 2.15 bits per heavy atom. The number of amides is 1. The molecule has 3 aromatic rings. The van der Waals surface area contributed by atoms with Gasteiger partial charge in [0.05, 0.1) is 12.7 Å². The summed E-state index contributed by atoms with van der Waals surface area (Å²) in [7, 11) is 1.82. The molecule has 0 saturated heterocycles. The van der Waals surface area contributed by atoms with Crippen molar-refractivity contribution >= 4 is 17.2 Å². The Morgan fingerprint density at radius 3 is 2.85 bits per heavy atom. The number of nitrogens with zero attached hydrogens (tertiary/aromatic N) is 3. The number of aromatic nitrogens is 3. The number of carbonyl (C=O) groups excluding carboxylic acids is 1. The van der Waals surface area contributed by atoms with E-state index in [4.69, 9.17) is 0 Å². The van der Waals surface area contributed by atoms with E-state index in [1.54, 1.807) is 22.2 Å². The lowest BCUT2D eigenvalue weighted by molar-refractivity contribution is 0.0951. The molecule has 6 heteroatoms. The maximum absolute atomic E-state index is 12.3. The topological polar surface area (TPSA) is 51.9 Å². The Hall–Kier alpha value is -2.34. The van der Waals surface area contributed by atoms with Gasteiger partial charge in [0.15, 0.2) is 0 Å². The first-order valence-electron chi connectivity index (χ1n) is 6.21. The van der Waals surface area contributed by atoms with Gasteiger partial charge < -0.3 is 9.88 Å². The lowest BCUT2D eigenvalue weighted by Crippen LogP contribution is -2.23. The summed E-state index contributed by atoms with van der Waals surface area (Å²) in [6.07, 6.45) is 5.39. The molecule has 1 N–H and O–H groups in total. The average Bonchev–Trinajstić information content (AvgIpc) is 3.17. The fourth-order valence-electron chi connectivity index (χ4n) is 2.05. The average molecular weight is 286 g/mol. The van der Waals surface area contributed by atoms with Crippen LogP contribution in [0.4, 0.5) is 0 Å². The van der Waals surface area contributed by atoms with Crippen molar-refractivity contribution in [1.82, 2.24) is 19.7 Å². The van der Waals surface area contributed by atoms with Gasteiger partial charge in [0.2, 0.25) is 0 Å². The summed E-state index contributed by atoms with van der Waals surface area (Å²) < 4.78 is 3.58. The Labute approximate surface area is 120 Å². The standard InChI is InChI=1S/C14H14N4OS/c1-17-14(18-6-2-3-7-18)12(10-16-17)13(19)15-9-11-5-4-8-20-11/h2-8,10H,9H2,1H3,(H,15,19). The number of carbonyl (C=O) groups is 1. The predicted molar refractivity (Wildman–Crippen MR) is 78.0 cm³/mol. The smallest absolute Gasteiger partial charge is 0.256 e. The van der Waals surface area contributed by atoms with Crippen LogP contribution in [-0.4, -0.2) is 20.3 Å². The highest BCUT2D eigenvalue weighted by Crippen LogP contribution is 2.14. The minimum absolute atomic E-state index is 0.116. The van der Waals surface area contributed by atoms with E-state index in [0.29, 0.717) is 12.1 Å². The molecule has 0 saturated carbocycles. The van der Waals surface area contributed by atoms with Crippen molar-refractivity contribution in [1.29, 1.82) is 0 Å². The summed E-state index contributed by atoms with van der Waals surface area (Å²) in [6.45, 7) is 0.538. The molecule has 0 atom stereocenters. The molecule has 0 aromatic carbocycles. The SMILES string of the molecule is Cn1ncc(C(=O)NCc2cccs2)c1-n1cccc1. The van der Waals surface area contributed by atoms with Gasteiger partial charge in [-0.25, -0.2) is 0 Å². The van der Waals surface area contributed by atoms with Crippen molar-refractivity contribution in [2.45, 2.75) is 6.54 Å². The summed E-state index contributed by atoms with van der Waals surface area (Å²) in [5, 5.41) is 9.09. The van der Waals surface area contributed by atoms with Gasteiger partial charge >= 0.3 is 0 Å². The third-order valence-corrected chi connectivity index (χ3v) is 3.88. The molecular weight excluding hydrogens is 272 g/mol. The molecule has 0 aliphatic heterocycles. The van der Waals surface area contributed by atoms with E-state index in [9.17, 15) is 4.79 Å². The molecule has 3 rings (SSSR count). The van der Waals surface area contributed by atoms with Gasteiger partial charge in [-0.15, -0.1) is 11.3 Å². The second-order valence-electron chi connectivity index (χ2n) is 4.36. The number of rotatable bonds is 4. The van der Waals surface area contributed by atoms with Crippen LogP contribution in [0.2, 0.25) is 0 Å². The van der Waals surface area contributed by atoms with Crippen LogP contribution in [0.25, 0.3) is 5.82 Å². The number of thiophene rings is 1. The lowest BCUT2D eigenvalue weighted by atomic mass is 10.3. The zero-order chi connectivity index (χ0) is 13.9. The van der Waals surface area contributed by atoms with Gasteiger partial charge in [-0.1, -0.05) is 6.07 Å². The summed E-state index contributed by atoms with van der Waals surface area (Å²) in [6, 6.07) is 7.81. The monoisotopic (exact) mass is 286 g/mol. The van der Waals surface area contributed by atoms with E-state index in [0.717, 1.165) is 10.7 Å². The molecule has 0 radical (unpaired) electrons. The van der Waals surface area contributed by atoms with Crippen molar-refractivity contribution in [3.8, 4) is 5.82 Å². The number of hydrogen-bond donors (Lipinski definition) is 1. The lowest BCUT2D eigenvalue weighted by Gasteiger charge is -2.07. The summed E-state index contributed by atoms with van der Waals surface area (Å²) in [5.74, 6) is 0.647. The molecule has 0 unspecified atom stereocenters. The zero-order valence-electron chi connectivity index (χ0n) is 11.0. The summed E-state index contributed by atoms with van der Waals surface area (Å²) >= 11 is 1.63. The second kappa shape index (κ2) is 5.34. The molecule has 20 heavy (non-hydrogen) atoms. The molecule has 102 valence electrons. The van der Waals surface area contributed by atoms with Gasteiger partial charge in [-0.3, -0.25) is 9.48 Å². The normalized spacial score (nSPS) is 10.7. The second-order valence-corrected chi connectivity index (χ2v) is 5.39. The maximum Gasteiger partial charge on any atom is 0.256 e. The highest BCUT2D eigenvalue weighted by Gasteiger charge is 2.16. The van der Waals surface area contributed by atoms with Gasteiger partial charge in [-0.05, 0) is 23.6 Å². The molecule has 0 bridgehead atoms. The molecule has 0 spiro atoms. The molecule has 5 nitrogen and oxygen atoms in total. The number of nitrogens with one attached hydrogen (secondary N) is 1. The van der Waals surface area contributed by atoms with E-state index < -0.39 is 0 Å².